The van der Waals surface area contributed by atoms with Gasteiger partial charge in [0.15, 0.2) is 0 Å². The lowest BCUT2D eigenvalue weighted by Crippen LogP contribution is -2.39. The quantitative estimate of drug-likeness (QED) is 0.470. The van der Waals surface area contributed by atoms with Gasteiger partial charge in [0.2, 0.25) is 5.91 Å². The standard InChI is InChI=1S/C20H27N3O5S/c1-14(21-22-18(24)11-23-9-5-3-4-6-19(23)25)15-7-8-17(28-2)16(10-15)12-29-13-20(26)27/h7-8,10H,3-6,9,11-13H2,1-2H3,(H,22,24)(H,26,27)/p-1/b21-14-. The molecule has 0 aromatic heterocycles. The zero-order valence-electron chi connectivity index (χ0n) is 16.7. The van der Waals surface area contributed by atoms with Crippen molar-refractivity contribution < 1.29 is 24.2 Å². The van der Waals surface area contributed by atoms with E-state index in [4.69, 9.17) is 4.74 Å². The van der Waals surface area contributed by atoms with Crippen LogP contribution in [0.3, 0.4) is 0 Å². The van der Waals surface area contributed by atoms with Crippen molar-refractivity contribution in [1.82, 2.24) is 10.3 Å². The molecule has 158 valence electrons. The summed E-state index contributed by atoms with van der Waals surface area (Å²) in [6, 6.07) is 5.44. The molecule has 0 aliphatic carbocycles. The van der Waals surface area contributed by atoms with Crippen LogP contribution in [0.5, 0.6) is 5.75 Å². The van der Waals surface area contributed by atoms with Crippen LogP contribution in [-0.4, -0.2) is 54.3 Å². The van der Waals surface area contributed by atoms with Crippen LogP contribution >= 0.6 is 11.8 Å². The SMILES string of the molecule is COc1ccc(/C(C)=N\NC(=O)CN2CCCCCC2=O)cc1CSCC(=O)[O-]. The van der Waals surface area contributed by atoms with E-state index in [0.29, 0.717) is 30.2 Å². The van der Waals surface area contributed by atoms with Gasteiger partial charge >= 0.3 is 0 Å². The first-order valence-electron chi connectivity index (χ1n) is 9.46. The minimum atomic E-state index is -1.12. The molecule has 1 heterocycles. The Bertz CT molecular complexity index is 781. The number of rotatable bonds is 9. The smallest absolute Gasteiger partial charge is 0.259 e. The maximum Gasteiger partial charge on any atom is 0.259 e. The number of hydrogen-bond donors (Lipinski definition) is 1. The summed E-state index contributed by atoms with van der Waals surface area (Å²) >= 11 is 1.21. The van der Waals surface area contributed by atoms with Crippen LogP contribution in [0, 0.1) is 0 Å². The highest BCUT2D eigenvalue weighted by Gasteiger charge is 2.19. The van der Waals surface area contributed by atoms with E-state index >= 15 is 0 Å². The van der Waals surface area contributed by atoms with Gasteiger partial charge in [-0.3, -0.25) is 9.59 Å². The Labute approximate surface area is 174 Å². The Hall–Kier alpha value is -2.55. The number of carbonyl (C=O) groups excluding carboxylic acids is 3. The van der Waals surface area contributed by atoms with E-state index in [-0.39, 0.29) is 24.1 Å². The van der Waals surface area contributed by atoms with Gasteiger partial charge in [-0.15, -0.1) is 0 Å². The van der Waals surface area contributed by atoms with Gasteiger partial charge in [-0.25, -0.2) is 5.43 Å². The van der Waals surface area contributed by atoms with Gasteiger partial charge < -0.3 is 19.5 Å². The number of benzene rings is 1. The normalized spacial score (nSPS) is 15.0. The molecule has 2 rings (SSSR count). The first kappa shape index (κ1) is 22.7. The van der Waals surface area contributed by atoms with E-state index in [1.807, 2.05) is 12.1 Å². The molecule has 1 aliphatic heterocycles. The minimum Gasteiger partial charge on any atom is -0.549 e. The molecule has 1 aromatic carbocycles. The zero-order chi connectivity index (χ0) is 21.2. The molecular weight excluding hydrogens is 394 g/mol. The van der Waals surface area contributed by atoms with E-state index in [1.165, 1.54) is 11.8 Å². The second-order valence-electron chi connectivity index (χ2n) is 6.75. The Morgan fingerprint density at radius 1 is 1.31 bits per heavy atom. The van der Waals surface area contributed by atoms with Crippen molar-refractivity contribution in [2.24, 2.45) is 5.10 Å². The topological polar surface area (TPSA) is 111 Å². The third-order valence-electron chi connectivity index (χ3n) is 4.53. The highest BCUT2D eigenvalue weighted by Crippen LogP contribution is 2.24. The number of carbonyl (C=O) groups is 3. The van der Waals surface area contributed by atoms with Gasteiger partial charge in [0.1, 0.15) is 12.3 Å². The lowest BCUT2D eigenvalue weighted by Gasteiger charge is -2.19. The molecule has 0 saturated carbocycles. The van der Waals surface area contributed by atoms with E-state index in [9.17, 15) is 19.5 Å². The lowest BCUT2D eigenvalue weighted by atomic mass is 10.1. The molecule has 0 bridgehead atoms. The van der Waals surface area contributed by atoms with Crippen LogP contribution in [0.4, 0.5) is 0 Å². The van der Waals surface area contributed by atoms with E-state index in [1.54, 1.807) is 25.0 Å². The summed E-state index contributed by atoms with van der Waals surface area (Å²) in [5.41, 5.74) is 4.70. The van der Waals surface area contributed by atoms with Crippen molar-refractivity contribution in [3.63, 3.8) is 0 Å². The van der Waals surface area contributed by atoms with Gasteiger partial charge in [0.25, 0.3) is 5.91 Å². The third kappa shape index (κ3) is 7.41. The Morgan fingerprint density at radius 3 is 2.83 bits per heavy atom. The van der Waals surface area contributed by atoms with Gasteiger partial charge in [0.05, 0.1) is 18.8 Å². The summed E-state index contributed by atoms with van der Waals surface area (Å²) in [5, 5.41) is 14.7. The number of ether oxygens (including phenoxy) is 1. The lowest BCUT2D eigenvalue weighted by molar-refractivity contribution is -0.301. The fourth-order valence-corrected chi connectivity index (χ4v) is 3.70. The average molecular weight is 421 g/mol. The zero-order valence-corrected chi connectivity index (χ0v) is 17.5. The second-order valence-corrected chi connectivity index (χ2v) is 7.74. The molecule has 0 atom stereocenters. The molecule has 1 fully saturated rings. The largest absolute Gasteiger partial charge is 0.549 e. The number of carboxylic acid groups (broad SMARTS) is 1. The van der Waals surface area contributed by atoms with Crippen molar-refractivity contribution in [1.29, 1.82) is 0 Å². The highest BCUT2D eigenvalue weighted by atomic mass is 32.2. The Kier molecular flexibility index (Phi) is 8.98. The molecular formula is C20H26N3O5S-. The molecule has 1 aliphatic rings. The van der Waals surface area contributed by atoms with Crippen molar-refractivity contribution in [2.45, 2.75) is 38.4 Å². The van der Waals surface area contributed by atoms with Crippen molar-refractivity contribution >= 4 is 35.3 Å². The van der Waals surface area contributed by atoms with Crippen molar-refractivity contribution in [3.8, 4) is 5.75 Å². The van der Waals surface area contributed by atoms with Crippen LogP contribution in [-0.2, 0) is 20.1 Å². The van der Waals surface area contributed by atoms with Crippen LogP contribution < -0.4 is 15.3 Å². The summed E-state index contributed by atoms with van der Waals surface area (Å²) in [5.74, 6) is -0.456. The Morgan fingerprint density at radius 2 is 2.10 bits per heavy atom. The third-order valence-corrected chi connectivity index (χ3v) is 5.48. The molecule has 0 radical (unpaired) electrons. The highest BCUT2D eigenvalue weighted by molar-refractivity contribution is 7.99. The number of thioether (sulfide) groups is 1. The molecule has 0 unspecified atom stereocenters. The second kappa shape index (κ2) is 11.5. The summed E-state index contributed by atoms with van der Waals surface area (Å²) in [6.07, 6.45) is 3.27. The first-order chi connectivity index (χ1) is 13.9. The van der Waals surface area contributed by atoms with Crippen LogP contribution in [0.2, 0.25) is 0 Å². The molecule has 1 N–H and O–H groups in total. The molecule has 1 saturated heterocycles. The van der Waals surface area contributed by atoms with Crippen molar-refractivity contribution in [3.05, 3.63) is 29.3 Å². The van der Waals surface area contributed by atoms with Crippen LogP contribution in [0.25, 0.3) is 0 Å². The van der Waals surface area contributed by atoms with Crippen LogP contribution in [0.15, 0.2) is 23.3 Å². The molecule has 8 nitrogen and oxygen atoms in total. The number of nitrogens with zero attached hydrogens (tertiary/aromatic N) is 2. The van der Waals surface area contributed by atoms with Crippen molar-refractivity contribution in [2.75, 3.05) is 26.0 Å². The number of amides is 2. The van der Waals surface area contributed by atoms with Crippen LogP contribution in [0.1, 0.15) is 43.7 Å². The van der Waals surface area contributed by atoms with E-state index in [2.05, 4.69) is 10.5 Å². The summed E-state index contributed by atoms with van der Waals surface area (Å²) in [4.78, 5) is 36.4. The molecule has 2 amide bonds. The van der Waals surface area contributed by atoms with Gasteiger partial charge in [0, 0.05) is 30.0 Å². The van der Waals surface area contributed by atoms with Gasteiger partial charge in [-0.2, -0.15) is 16.9 Å². The van der Waals surface area contributed by atoms with Gasteiger partial charge in [-0.05, 0) is 43.5 Å². The maximum absolute atomic E-state index is 12.2. The van der Waals surface area contributed by atoms with E-state index < -0.39 is 5.97 Å². The summed E-state index contributed by atoms with van der Waals surface area (Å²) in [7, 11) is 1.55. The molecule has 29 heavy (non-hydrogen) atoms. The fraction of sp³-hybridized carbons (Fsp3) is 0.500. The van der Waals surface area contributed by atoms with Gasteiger partial charge in [-0.1, -0.05) is 6.42 Å². The number of aliphatic carboxylic acids is 1. The molecule has 9 heteroatoms. The Balaban J connectivity index is 1.99. The predicted molar refractivity (Wildman–Crippen MR) is 110 cm³/mol. The number of hydrogen-bond acceptors (Lipinski definition) is 7. The molecule has 0 spiro atoms. The average Bonchev–Trinajstić information content (AvgIpc) is 2.90. The summed E-state index contributed by atoms with van der Waals surface area (Å²) < 4.78 is 5.32. The number of hydrazone groups is 1. The first-order valence-corrected chi connectivity index (χ1v) is 10.6. The minimum absolute atomic E-state index is 0.00331. The monoisotopic (exact) mass is 420 g/mol. The molecule has 1 aromatic rings. The number of methoxy groups -OCH3 is 1. The predicted octanol–water partition coefficient (Wildman–Crippen LogP) is 0.921. The van der Waals surface area contributed by atoms with E-state index in [0.717, 1.165) is 30.4 Å². The number of nitrogens with one attached hydrogen (secondary N) is 1. The maximum atomic E-state index is 12.2. The summed E-state index contributed by atoms with van der Waals surface area (Å²) in [6.45, 7) is 2.36. The fourth-order valence-electron chi connectivity index (χ4n) is 2.99. The number of likely N-dealkylation sites (tertiary alicyclic amines) is 1. The number of carboxylic acids is 1.